The van der Waals surface area contributed by atoms with Gasteiger partial charge < -0.3 is 0 Å². The number of benzene rings is 1. The zero-order chi connectivity index (χ0) is 17.2. The third-order valence-electron chi connectivity index (χ3n) is 4.65. The minimum absolute atomic E-state index is 0.0650. The van der Waals surface area contributed by atoms with E-state index in [9.17, 15) is 8.42 Å². The van der Waals surface area contributed by atoms with Gasteiger partial charge in [0.2, 0.25) is 10.0 Å². The van der Waals surface area contributed by atoms with E-state index in [2.05, 4.69) is 34.6 Å². The molecule has 0 fully saturated rings. The van der Waals surface area contributed by atoms with E-state index in [4.69, 9.17) is 0 Å². The Bertz CT molecular complexity index is 798. The molecule has 130 valence electrons. The number of hydrogen-bond donors (Lipinski definition) is 0. The molecule has 2 aromatic rings. The average Bonchev–Trinajstić information content (AvgIpc) is 3.00. The van der Waals surface area contributed by atoms with Gasteiger partial charge in [-0.1, -0.05) is 29.5 Å². The molecule has 0 saturated heterocycles. The smallest absolute Gasteiger partial charge is 0.213 e. The van der Waals surface area contributed by atoms with Crippen LogP contribution in [-0.2, 0) is 35.8 Å². The van der Waals surface area contributed by atoms with E-state index in [1.165, 1.54) is 15.4 Å². The molecule has 6 nitrogen and oxygen atoms in total. The standard InChI is InChI=1S/C17H24N4O2S/c1-20(2)24(22,23)10-9-17-13-21(19-18-17)12-14-7-8-15-5-3-4-6-16(15)11-14/h3-6,13-14H,7-12H2,1-2H3. The van der Waals surface area contributed by atoms with Gasteiger partial charge in [-0.05, 0) is 36.3 Å². The fourth-order valence-corrected chi connectivity index (χ4v) is 3.98. The molecule has 1 aromatic heterocycles. The lowest BCUT2D eigenvalue weighted by atomic mass is 9.84. The maximum absolute atomic E-state index is 11.8. The molecule has 0 spiro atoms. The summed E-state index contributed by atoms with van der Waals surface area (Å²) in [5, 5.41) is 8.29. The molecule has 7 heteroatoms. The summed E-state index contributed by atoms with van der Waals surface area (Å²) in [6.45, 7) is 0.835. The average molecular weight is 348 g/mol. The van der Waals surface area contributed by atoms with Crippen molar-refractivity contribution in [2.24, 2.45) is 5.92 Å². The summed E-state index contributed by atoms with van der Waals surface area (Å²) < 4.78 is 26.7. The van der Waals surface area contributed by atoms with Crippen molar-refractivity contribution in [1.82, 2.24) is 19.3 Å². The lowest BCUT2D eigenvalue weighted by molar-refractivity contribution is 0.371. The summed E-state index contributed by atoms with van der Waals surface area (Å²) in [7, 11) is -0.0941. The molecule has 0 bridgehead atoms. The summed E-state index contributed by atoms with van der Waals surface area (Å²) in [4.78, 5) is 0. The predicted molar refractivity (Wildman–Crippen MR) is 93.2 cm³/mol. The third-order valence-corrected chi connectivity index (χ3v) is 6.49. The van der Waals surface area contributed by atoms with Crippen LogP contribution in [0.5, 0.6) is 0 Å². The molecule has 0 aliphatic heterocycles. The van der Waals surface area contributed by atoms with Gasteiger partial charge >= 0.3 is 0 Å². The SMILES string of the molecule is CN(C)S(=O)(=O)CCc1cn(CC2CCc3ccccc3C2)nn1. The van der Waals surface area contributed by atoms with Gasteiger partial charge in [0.1, 0.15) is 0 Å². The molecule has 0 saturated carbocycles. The van der Waals surface area contributed by atoms with Gasteiger partial charge in [0.15, 0.2) is 0 Å². The van der Waals surface area contributed by atoms with Crippen molar-refractivity contribution in [3.63, 3.8) is 0 Å². The second-order valence-electron chi connectivity index (χ2n) is 6.66. The number of aromatic nitrogens is 3. The molecule has 1 unspecified atom stereocenters. The Morgan fingerprint density at radius 1 is 1.25 bits per heavy atom. The Balaban J connectivity index is 1.57. The summed E-state index contributed by atoms with van der Waals surface area (Å²) in [5.41, 5.74) is 3.63. The van der Waals surface area contributed by atoms with E-state index in [-0.39, 0.29) is 5.75 Å². The first-order chi connectivity index (χ1) is 11.4. The summed E-state index contributed by atoms with van der Waals surface area (Å²) >= 11 is 0. The molecule has 24 heavy (non-hydrogen) atoms. The van der Waals surface area contributed by atoms with Crippen molar-refractivity contribution in [3.8, 4) is 0 Å². The highest BCUT2D eigenvalue weighted by Crippen LogP contribution is 2.26. The highest BCUT2D eigenvalue weighted by Gasteiger charge is 2.20. The number of rotatable bonds is 6. The molecule has 0 N–H and O–H groups in total. The van der Waals surface area contributed by atoms with Crippen LogP contribution in [0, 0.1) is 5.92 Å². The third kappa shape index (κ3) is 4.02. The van der Waals surface area contributed by atoms with E-state index in [0.29, 0.717) is 12.3 Å². The largest absolute Gasteiger partial charge is 0.252 e. The van der Waals surface area contributed by atoms with Crippen LogP contribution in [0.2, 0.25) is 0 Å². The Labute approximate surface area is 143 Å². The van der Waals surface area contributed by atoms with Gasteiger partial charge in [-0.3, -0.25) is 4.68 Å². The van der Waals surface area contributed by atoms with E-state index < -0.39 is 10.0 Å². The molecule has 0 amide bonds. The maximum atomic E-state index is 11.8. The van der Waals surface area contributed by atoms with Crippen molar-refractivity contribution >= 4 is 10.0 Å². The van der Waals surface area contributed by atoms with Gasteiger partial charge in [-0.15, -0.1) is 5.10 Å². The summed E-state index contributed by atoms with van der Waals surface area (Å²) in [6.07, 6.45) is 5.62. The molecule has 1 aliphatic rings. The Morgan fingerprint density at radius 3 is 2.75 bits per heavy atom. The zero-order valence-corrected chi connectivity index (χ0v) is 15.0. The van der Waals surface area contributed by atoms with Crippen LogP contribution in [0.4, 0.5) is 0 Å². The number of fused-ring (bicyclic) bond motifs is 1. The number of hydrogen-bond acceptors (Lipinski definition) is 4. The minimum Gasteiger partial charge on any atom is -0.252 e. The molecule has 1 aliphatic carbocycles. The number of sulfonamides is 1. The van der Waals surface area contributed by atoms with Crippen LogP contribution in [0.1, 0.15) is 23.2 Å². The molecule has 3 rings (SSSR count). The van der Waals surface area contributed by atoms with Gasteiger partial charge in [0, 0.05) is 33.3 Å². The van der Waals surface area contributed by atoms with Crippen LogP contribution >= 0.6 is 0 Å². The molecule has 0 radical (unpaired) electrons. The fourth-order valence-electron chi connectivity index (χ4n) is 3.15. The minimum atomic E-state index is -3.19. The van der Waals surface area contributed by atoms with Crippen molar-refractivity contribution < 1.29 is 8.42 Å². The second kappa shape index (κ2) is 7.03. The number of aryl methyl sites for hydroxylation is 2. The maximum Gasteiger partial charge on any atom is 0.213 e. The fraction of sp³-hybridized carbons (Fsp3) is 0.529. The predicted octanol–water partition coefficient (Wildman–Crippen LogP) is 1.52. The van der Waals surface area contributed by atoms with E-state index in [1.807, 2.05) is 10.9 Å². The van der Waals surface area contributed by atoms with Gasteiger partial charge in [0.05, 0.1) is 11.4 Å². The van der Waals surface area contributed by atoms with E-state index in [0.717, 1.165) is 31.5 Å². The van der Waals surface area contributed by atoms with E-state index >= 15 is 0 Å². The molecule has 1 heterocycles. The quantitative estimate of drug-likeness (QED) is 0.794. The highest BCUT2D eigenvalue weighted by atomic mass is 32.2. The molecule has 1 atom stereocenters. The van der Waals surface area contributed by atoms with Crippen LogP contribution in [0.3, 0.4) is 0 Å². The first-order valence-corrected chi connectivity index (χ1v) is 9.91. The first kappa shape index (κ1) is 17.1. The second-order valence-corrected chi connectivity index (χ2v) is 8.96. The monoisotopic (exact) mass is 348 g/mol. The molecule has 1 aromatic carbocycles. The van der Waals surface area contributed by atoms with Crippen LogP contribution in [-0.4, -0.2) is 47.6 Å². The van der Waals surface area contributed by atoms with Crippen molar-refractivity contribution in [2.75, 3.05) is 19.8 Å². The Kier molecular flexibility index (Phi) is 5.01. The summed E-state index contributed by atoms with van der Waals surface area (Å²) in [5.74, 6) is 0.620. The first-order valence-electron chi connectivity index (χ1n) is 8.30. The van der Waals surface area contributed by atoms with Crippen molar-refractivity contribution in [3.05, 3.63) is 47.3 Å². The zero-order valence-electron chi connectivity index (χ0n) is 14.2. The Hall–Kier alpha value is -1.73. The number of nitrogens with zero attached hydrogens (tertiary/aromatic N) is 4. The Morgan fingerprint density at radius 2 is 2.00 bits per heavy atom. The molecular formula is C17H24N4O2S. The van der Waals surface area contributed by atoms with Crippen LogP contribution in [0.15, 0.2) is 30.5 Å². The van der Waals surface area contributed by atoms with Crippen LogP contribution < -0.4 is 0 Å². The van der Waals surface area contributed by atoms with Crippen LogP contribution in [0.25, 0.3) is 0 Å². The van der Waals surface area contributed by atoms with Gasteiger partial charge in [0.25, 0.3) is 0 Å². The highest BCUT2D eigenvalue weighted by molar-refractivity contribution is 7.89. The lowest BCUT2D eigenvalue weighted by Gasteiger charge is -2.24. The van der Waals surface area contributed by atoms with Gasteiger partial charge in [-0.25, -0.2) is 12.7 Å². The lowest BCUT2D eigenvalue weighted by Crippen LogP contribution is -2.26. The topological polar surface area (TPSA) is 68.1 Å². The normalized spacial score (nSPS) is 17.9. The van der Waals surface area contributed by atoms with Gasteiger partial charge in [-0.2, -0.15) is 0 Å². The van der Waals surface area contributed by atoms with Crippen molar-refractivity contribution in [2.45, 2.75) is 32.2 Å². The van der Waals surface area contributed by atoms with Crippen molar-refractivity contribution in [1.29, 1.82) is 0 Å². The van der Waals surface area contributed by atoms with E-state index in [1.54, 1.807) is 14.1 Å². The summed E-state index contributed by atoms with van der Waals surface area (Å²) in [6, 6.07) is 8.62. The molecular weight excluding hydrogens is 324 g/mol.